The fourth-order valence-corrected chi connectivity index (χ4v) is 25.3. The molecule has 0 fully saturated rings. The minimum Gasteiger partial charge on any atom is -0.376 e. The van der Waals surface area contributed by atoms with Crippen LogP contribution < -0.4 is 62.9 Å². The molecule has 0 spiro atoms. The highest BCUT2D eigenvalue weighted by Crippen LogP contribution is 2.57. The van der Waals surface area contributed by atoms with E-state index in [2.05, 4.69) is 570 Å². The van der Waals surface area contributed by atoms with Gasteiger partial charge in [0, 0.05) is 84.0 Å². The fraction of sp³-hybridized carbons (Fsp3) is 0.0667. The summed E-state index contributed by atoms with van der Waals surface area (Å²) in [5.74, 6) is 0. The standard InChI is InChI=1S/C36H24BN.3C33H26BN/c1-2-12-25(13-3-1)37-35-20-10-8-18-32(35)33-19-9-11-21-36(33)38(37)26-22-23-31-29-16-5-4-14-27(29)28-15-6-7-17-30(28)34(31)24-26;1-33(2)29-19-11-9-17-25(29)27-22-31-28(21-30(27)33)26-18-10-12-20-32(26)35(24-15-7-4-8-16-24)34(31)23-13-5-3-6-14-23;1-33(2)29-19-11-9-17-25(29)27-22-32-28(21-30(27)33)26-18-10-12-20-31(26)34(23-13-5-3-6-14-23)35(32)24-15-7-4-8-16-24;1-33(2)29-17-9-6-14-25(29)28-22-23(20-21-30(28)33)34-31-18-10-7-15-26(31)27-16-8-11-19-32(27)35(34)24-12-4-3-5-13-24/h1-24H;3*3-22H,1-2H3. The van der Waals surface area contributed by atoms with Gasteiger partial charge in [0.1, 0.15) is 0 Å². The van der Waals surface area contributed by atoms with E-state index in [-0.39, 0.29) is 43.6 Å². The van der Waals surface area contributed by atoms with Gasteiger partial charge >= 0.3 is 27.4 Å². The largest absolute Gasteiger partial charge is 0.376 e. The predicted octanol–water partition coefficient (Wildman–Crippen LogP) is 28.8. The summed E-state index contributed by atoms with van der Waals surface area (Å²) in [4.78, 5) is 10.1. The van der Waals surface area contributed by atoms with Gasteiger partial charge < -0.3 is 19.2 Å². The third-order valence-electron chi connectivity index (χ3n) is 31.8. The number of para-hydroxylation sites is 6. The van der Waals surface area contributed by atoms with Crippen LogP contribution in [0.4, 0.5) is 45.5 Å². The zero-order valence-corrected chi connectivity index (χ0v) is 81.1. The molecule has 0 bridgehead atoms. The van der Waals surface area contributed by atoms with Crippen LogP contribution in [-0.4, -0.2) is 27.4 Å². The molecule has 0 amide bonds. The van der Waals surface area contributed by atoms with E-state index in [1.165, 1.54) is 233 Å². The van der Waals surface area contributed by atoms with E-state index in [1.54, 1.807) is 0 Å². The molecule has 0 aromatic heterocycles. The minimum absolute atomic E-state index is 0.0145. The summed E-state index contributed by atoms with van der Waals surface area (Å²) in [7, 11) is 0. The maximum Gasteiger partial charge on any atom is 0.328 e. The van der Waals surface area contributed by atoms with Gasteiger partial charge in [-0.15, -0.1) is 0 Å². The van der Waals surface area contributed by atoms with Crippen LogP contribution in [0.3, 0.4) is 0 Å². The Hall–Kier alpha value is -16.9. The SMILES string of the molecule is CC1(C)c2ccccc2-c2cc(B3c4ccccc4-c4ccccc4N3c3ccccc3)ccc21.CC1(C)c2ccccc2-c2cc3c(cc21)-c1ccccc1B(c1ccccc1)N3c1ccccc1.CC1(C)c2ccccc2-c2cc3c(cc21)-c1ccccc1N(c1ccccc1)B3c1ccccc1.c1ccc(B2c3ccccc3-c3ccccc3N2c2ccc3c4ccccc4c4ccccc4c3c2)cc1. The third-order valence-corrected chi connectivity index (χ3v) is 31.8. The number of hydrogen-bond acceptors (Lipinski definition) is 4. The first-order valence-electron chi connectivity index (χ1n) is 50.5. The highest BCUT2D eigenvalue weighted by atomic mass is 15.1. The average molecular weight is 1820 g/mol. The first-order chi connectivity index (χ1) is 70.3. The van der Waals surface area contributed by atoms with Gasteiger partial charge in [0.2, 0.25) is 0 Å². The molecule has 7 aliphatic rings. The Balaban J connectivity index is 0.0000000975. The second kappa shape index (κ2) is 34.8. The number of fused-ring (bicyclic) bond motifs is 27. The molecular weight excluding hydrogens is 1720 g/mol. The number of anilines is 8. The molecule has 29 rings (SSSR count). The highest BCUT2D eigenvalue weighted by molar-refractivity contribution is 6.93. The highest BCUT2D eigenvalue weighted by Gasteiger charge is 2.47. The third kappa shape index (κ3) is 14.1. The maximum absolute atomic E-state index is 2.54. The second-order valence-electron chi connectivity index (χ2n) is 40.7. The van der Waals surface area contributed by atoms with E-state index < -0.39 is 0 Å². The quantitative estimate of drug-likeness (QED) is 0.111. The van der Waals surface area contributed by atoms with Gasteiger partial charge in [-0.25, -0.2) is 0 Å². The summed E-state index contributed by atoms with van der Waals surface area (Å²) in [6, 6.07) is 187. The summed E-state index contributed by atoms with van der Waals surface area (Å²) in [5, 5.41) is 7.80. The van der Waals surface area contributed by atoms with Crippen LogP contribution in [0.1, 0.15) is 74.9 Å². The summed E-state index contributed by atoms with van der Waals surface area (Å²) >= 11 is 0. The van der Waals surface area contributed by atoms with Crippen molar-refractivity contribution in [2.24, 2.45) is 0 Å². The van der Waals surface area contributed by atoms with Gasteiger partial charge in [0.05, 0.1) is 0 Å². The van der Waals surface area contributed by atoms with Gasteiger partial charge in [0.15, 0.2) is 0 Å². The van der Waals surface area contributed by atoms with Crippen LogP contribution in [0.2, 0.25) is 0 Å². The van der Waals surface area contributed by atoms with Crippen molar-refractivity contribution in [2.45, 2.75) is 57.8 Å². The molecule has 4 aliphatic heterocycles. The summed E-state index contributed by atoms with van der Waals surface area (Å²) in [6.07, 6.45) is 0. The van der Waals surface area contributed by atoms with Crippen molar-refractivity contribution in [1.82, 2.24) is 0 Å². The first kappa shape index (κ1) is 86.4. The molecule has 4 nitrogen and oxygen atoms in total. The van der Waals surface area contributed by atoms with E-state index in [9.17, 15) is 0 Å². The number of nitrogens with zero attached hydrogens (tertiary/aromatic N) is 4. The lowest BCUT2D eigenvalue weighted by Gasteiger charge is -2.39. The molecular formula is C135H102B4N4. The lowest BCUT2D eigenvalue weighted by molar-refractivity contribution is 0.660. The van der Waals surface area contributed by atoms with Gasteiger partial charge in [-0.3, -0.25) is 0 Å². The van der Waals surface area contributed by atoms with Crippen LogP contribution in [-0.2, 0) is 16.2 Å². The van der Waals surface area contributed by atoms with E-state index >= 15 is 0 Å². The van der Waals surface area contributed by atoms with Crippen molar-refractivity contribution in [3.05, 3.63) is 543 Å². The van der Waals surface area contributed by atoms with Crippen LogP contribution in [0.5, 0.6) is 0 Å². The molecule has 3 aliphatic carbocycles. The molecule has 0 saturated carbocycles. The average Bonchev–Trinajstić information content (AvgIpc) is 1.33. The Labute approximate surface area is 840 Å². The molecule has 143 heavy (non-hydrogen) atoms. The summed E-state index contributed by atoms with van der Waals surface area (Å²) in [5.41, 5.74) is 47.6. The molecule has 0 N–H and O–H groups in total. The van der Waals surface area contributed by atoms with E-state index in [0.717, 1.165) is 0 Å². The van der Waals surface area contributed by atoms with Crippen LogP contribution >= 0.6 is 0 Å². The van der Waals surface area contributed by atoms with Crippen molar-refractivity contribution in [3.63, 3.8) is 0 Å². The molecule has 22 aromatic rings. The van der Waals surface area contributed by atoms with E-state index in [4.69, 9.17) is 0 Å². The monoisotopic (exact) mass is 1820 g/mol. The van der Waals surface area contributed by atoms with Crippen LogP contribution in [0.15, 0.2) is 510 Å². The molecule has 674 valence electrons. The van der Waals surface area contributed by atoms with E-state index in [1.807, 2.05) is 0 Å². The van der Waals surface area contributed by atoms with Gasteiger partial charge in [-0.1, -0.05) is 494 Å². The Morgan fingerprint density at radius 2 is 0.413 bits per heavy atom. The zero-order chi connectivity index (χ0) is 95.8. The normalized spacial score (nSPS) is 14.1. The Morgan fingerprint density at radius 3 is 0.832 bits per heavy atom. The number of benzene rings is 22. The molecule has 0 unspecified atom stereocenters. The zero-order valence-electron chi connectivity index (χ0n) is 81.1. The lowest BCUT2D eigenvalue weighted by Crippen LogP contribution is -2.57. The van der Waals surface area contributed by atoms with Crippen molar-refractivity contribution in [1.29, 1.82) is 0 Å². The van der Waals surface area contributed by atoms with E-state index in [0.29, 0.717) is 0 Å². The van der Waals surface area contributed by atoms with Gasteiger partial charge in [-0.05, 0) is 222 Å². The minimum atomic E-state index is -0.0241. The Morgan fingerprint density at radius 1 is 0.140 bits per heavy atom. The molecule has 0 radical (unpaired) electrons. The first-order valence-corrected chi connectivity index (χ1v) is 50.5. The van der Waals surface area contributed by atoms with Crippen molar-refractivity contribution in [3.8, 4) is 77.9 Å². The van der Waals surface area contributed by atoms with Crippen molar-refractivity contribution < 1.29 is 0 Å². The molecule has 4 heterocycles. The van der Waals surface area contributed by atoms with Gasteiger partial charge in [0.25, 0.3) is 0 Å². The predicted molar refractivity (Wildman–Crippen MR) is 613 cm³/mol. The van der Waals surface area contributed by atoms with Crippen molar-refractivity contribution in [2.75, 3.05) is 19.2 Å². The topological polar surface area (TPSA) is 13.0 Å². The Bertz CT molecular complexity index is 8420. The molecule has 22 aromatic carbocycles. The van der Waals surface area contributed by atoms with Crippen LogP contribution in [0.25, 0.3) is 110 Å². The summed E-state index contributed by atoms with van der Waals surface area (Å²) in [6.45, 7) is 14.5. The molecule has 0 saturated heterocycles. The second-order valence-corrected chi connectivity index (χ2v) is 40.7. The molecule has 8 heteroatoms. The number of hydrogen-bond donors (Lipinski definition) is 0. The van der Waals surface area contributed by atoms with Crippen LogP contribution in [0, 0.1) is 0 Å². The Kier molecular flexibility index (Phi) is 21.1. The fourth-order valence-electron chi connectivity index (χ4n) is 25.3. The summed E-state index contributed by atoms with van der Waals surface area (Å²) < 4.78 is 0. The number of rotatable bonds is 8. The lowest BCUT2D eigenvalue weighted by atomic mass is 9.45. The smallest absolute Gasteiger partial charge is 0.328 e. The van der Waals surface area contributed by atoms with Gasteiger partial charge in [-0.2, -0.15) is 0 Å². The van der Waals surface area contributed by atoms with Crippen molar-refractivity contribution >= 4 is 149 Å². The maximum atomic E-state index is 2.54. The molecule has 0 atom stereocenters.